The van der Waals surface area contributed by atoms with E-state index in [-0.39, 0.29) is 0 Å². The molecule has 1 aliphatic rings. The minimum absolute atomic E-state index is 0.832. The van der Waals surface area contributed by atoms with Gasteiger partial charge in [-0.2, -0.15) is 0 Å². The number of unbranched alkanes of at least 4 members (excludes halogenated alkanes) is 1. The van der Waals surface area contributed by atoms with Gasteiger partial charge in [0.05, 0.1) is 5.52 Å². The first-order valence-corrected chi connectivity index (χ1v) is 7.48. The third-order valence-electron chi connectivity index (χ3n) is 3.97. The predicted molar refractivity (Wildman–Crippen MR) is 84.9 cm³/mol. The molecule has 0 saturated carbocycles. The molecule has 1 N–H and O–H groups in total. The summed E-state index contributed by atoms with van der Waals surface area (Å²) in [5.41, 5.74) is 5.11. The second kappa shape index (κ2) is 5.96. The molecule has 2 aromatic rings. The maximum absolute atomic E-state index is 5.32. The Hall–Kier alpha value is -2.01. The highest BCUT2D eigenvalue weighted by Gasteiger charge is 2.17. The summed E-state index contributed by atoms with van der Waals surface area (Å²) in [7, 11) is 0. The van der Waals surface area contributed by atoms with Gasteiger partial charge < -0.3 is 5.32 Å². The van der Waals surface area contributed by atoms with Crippen molar-refractivity contribution in [2.75, 3.05) is 11.9 Å². The van der Waals surface area contributed by atoms with Gasteiger partial charge in [-0.25, -0.2) is 0 Å². The molecular formula is C18H20N2. The fraction of sp³-hybridized carbons (Fsp3) is 0.389. The van der Waals surface area contributed by atoms with Gasteiger partial charge in [-0.15, -0.1) is 12.3 Å². The lowest BCUT2D eigenvalue weighted by Crippen LogP contribution is -2.12. The van der Waals surface area contributed by atoms with E-state index in [2.05, 4.69) is 35.5 Å². The molecule has 0 saturated heterocycles. The number of terminal acetylenes is 1. The molecule has 0 fully saturated rings. The summed E-state index contributed by atoms with van der Waals surface area (Å²) in [6.07, 6.45) is 12.0. The maximum atomic E-state index is 5.32. The molecule has 102 valence electrons. The van der Waals surface area contributed by atoms with Crippen molar-refractivity contribution in [2.45, 2.75) is 38.5 Å². The number of hydrogen-bond donors (Lipinski definition) is 1. The largest absolute Gasteiger partial charge is 0.384 e. The SMILES string of the molecule is C#CCCCNc1c2c(nc3ccccc13)CCCC2. The van der Waals surface area contributed by atoms with Crippen LogP contribution in [0.4, 0.5) is 5.69 Å². The lowest BCUT2D eigenvalue weighted by Gasteiger charge is -2.21. The number of aromatic nitrogens is 1. The van der Waals surface area contributed by atoms with Crippen LogP contribution in [0, 0.1) is 12.3 Å². The highest BCUT2D eigenvalue weighted by molar-refractivity contribution is 5.93. The molecule has 1 heterocycles. The Labute approximate surface area is 120 Å². The van der Waals surface area contributed by atoms with E-state index >= 15 is 0 Å². The Morgan fingerprint density at radius 3 is 2.95 bits per heavy atom. The second-order valence-corrected chi connectivity index (χ2v) is 5.37. The second-order valence-electron chi connectivity index (χ2n) is 5.37. The van der Waals surface area contributed by atoms with Gasteiger partial charge in [0.1, 0.15) is 0 Å². The summed E-state index contributed by atoms with van der Waals surface area (Å²) in [6, 6.07) is 8.43. The zero-order chi connectivity index (χ0) is 13.8. The molecule has 2 nitrogen and oxygen atoms in total. The van der Waals surface area contributed by atoms with Crippen molar-refractivity contribution < 1.29 is 0 Å². The molecule has 1 aromatic carbocycles. The van der Waals surface area contributed by atoms with Crippen LogP contribution in [0.25, 0.3) is 10.9 Å². The summed E-state index contributed by atoms with van der Waals surface area (Å²) >= 11 is 0. The Morgan fingerprint density at radius 1 is 1.20 bits per heavy atom. The van der Waals surface area contributed by atoms with E-state index in [1.54, 1.807) is 0 Å². The summed E-state index contributed by atoms with van der Waals surface area (Å²) in [4.78, 5) is 4.85. The van der Waals surface area contributed by atoms with Gasteiger partial charge in [0, 0.05) is 29.7 Å². The summed E-state index contributed by atoms with van der Waals surface area (Å²) < 4.78 is 0. The van der Waals surface area contributed by atoms with Crippen molar-refractivity contribution in [1.29, 1.82) is 0 Å². The van der Waals surface area contributed by atoms with Crippen molar-refractivity contribution >= 4 is 16.6 Å². The first-order chi connectivity index (χ1) is 9.90. The van der Waals surface area contributed by atoms with Gasteiger partial charge in [-0.3, -0.25) is 4.98 Å². The molecule has 0 bridgehead atoms. The van der Waals surface area contributed by atoms with Gasteiger partial charge in [0.25, 0.3) is 0 Å². The number of nitrogens with zero attached hydrogens (tertiary/aromatic N) is 1. The molecule has 0 unspecified atom stereocenters. The fourth-order valence-electron chi connectivity index (χ4n) is 2.98. The predicted octanol–water partition coefficient (Wildman–Crippen LogP) is 3.94. The standard InChI is InChI=1S/C18H20N2/c1-2-3-8-13-19-18-14-9-4-6-11-16(14)20-17-12-7-5-10-15(17)18/h1,4,6,9,11H,3,5,7-8,10,12-13H2,(H,19,20). The monoisotopic (exact) mass is 264 g/mol. The van der Waals surface area contributed by atoms with Gasteiger partial charge >= 0.3 is 0 Å². The number of rotatable bonds is 4. The average molecular weight is 264 g/mol. The van der Waals surface area contributed by atoms with Gasteiger partial charge in [0.2, 0.25) is 0 Å². The lowest BCUT2D eigenvalue weighted by atomic mass is 9.92. The topological polar surface area (TPSA) is 24.9 Å². The Balaban J connectivity index is 2.00. The van der Waals surface area contributed by atoms with E-state index in [0.29, 0.717) is 0 Å². The lowest BCUT2D eigenvalue weighted by molar-refractivity contribution is 0.671. The van der Waals surface area contributed by atoms with E-state index in [0.717, 1.165) is 37.7 Å². The number of hydrogen-bond acceptors (Lipinski definition) is 2. The number of benzene rings is 1. The van der Waals surface area contributed by atoms with Crippen LogP contribution in [-0.2, 0) is 12.8 Å². The highest BCUT2D eigenvalue weighted by atomic mass is 14.9. The maximum Gasteiger partial charge on any atom is 0.0726 e. The zero-order valence-electron chi connectivity index (χ0n) is 11.8. The van der Waals surface area contributed by atoms with Gasteiger partial charge in [-0.1, -0.05) is 18.2 Å². The Kier molecular flexibility index (Phi) is 3.87. The highest BCUT2D eigenvalue weighted by Crippen LogP contribution is 2.33. The van der Waals surface area contributed by atoms with Crippen LogP contribution < -0.4 is 5.32 Å². The Morgan fingerprint density at radius 2 is 2.05 bits per heavy atom. The van der Waals surface area contributed by atoms with E-state index in [1.807, 2.05) is 0 Å². The minimum atomic E-state index is 0.832. The zero-order valence-corrected chi connectivity index (χ0v) is 11.8. The molecule has 20 heavy (non-hydrogen) atoms. The fourth-order valence-corrected chi connectivity index (χ4v) is 2.98. The molecule has 0 amide bonds. The van der Waals surface area contributed by atoms with Gasteiger partial charge in [0.15, 0.2) is 0 Å². The normalized spacial score (nSPS) is 13.8. The van der Waals surface area contributed by atoms with E-state index < -0.39 is 0 Å². The van der Waals surface area contributed by atoms with E-state index in [9.17, 15) is 0 Å². The van der Waals surface area contributed by atoms with Crippen LogP contribution in [0.15, 0.2) is 24.3 Å². The number of fused-ring (bicyclic) bond motifs is 2. The minimum Gasteiger partial charge on any atom is -0.384 e. The van der Waals surface area contributed by atoms with Crippen LogP contribution in [0.3, 0.4) is 0 Å². The molecule has 3 rings (SSSR count). The third-order valence-corrected chi connectivity index (χ3v) is 3.97. The van der Waals surface area contributed by atoms with Gasteiger partial charge in [-0.05, 0) is 43.7 Å². The van der Waals surface area contributed by atoms with E-state index in [4.69, 9.17) is 11.4 Å². The van der Waals surface area contributed by atoms with Crippen molar-refractivity contribution in [2.24, 2.45) is 0 Å². The van der Waals surface area contributed by atoms with Crippen LogP contribution in [0.1, 0.15) is 36.9 Å². The Bertz CT molecular complexity index is 652. The summed E-state index contributed by atoms with van der Waals surface area (Å²) in [5.74, 6) is 2.70. The molecular weight excluding hydrogens is 244 g/mol. The van der Waals surface area contributed by atoms with Crippen LogP contribution in [-0.4, -0.2) is 11.5 Å². The number of pyridine rings is 1. The molecule has 0 aliphatic heterocycles. The molecule has 0 spiro atoms. The van der Waals surface area contributed by atoms with Crippen molar-refractivity contribution in [3.05, 3.63) is 35.5 Å². The summed E-state index contributed by atoms with van der Waals surface area (Å²) in [6.45, 7) is 0.935. The molecule has 1 aliphatic carbocycles. The molecule has 0 atom stereocenters. The number of nitrogens with one attached hydrogen (secondary N) is 1. The quantitative estimate of drug-likeness (QED) is 0.668. The molecule has 1 aromatic heterocycles. The molecule has 0 radical (unpaired) electrons. The van der Waals surface area contributed by atoms with Crippen LogP contribution in [0.5, 0.6) is 0 Å². The number of para-hydroxylation sites is 1. The van der Waals surface area contributed by atoms with Crippen molar-refractivity contribution in [3.63, 3.8) is 0 Å². The number of anilines is 1. The first-order valence-electron chi connectivity index (χ1n) is 7.48. The average Bonchev–Trinajstić information content (AvgIpc) is 2.50. The van der Waals surface area contributed by atoms with Crippen LogP contribution >= 0.6 is 0 Å². The molecule has 2 heteroatoms. The van der Waals surface area contributed by atoms with Crippen molar-refractivity contribution in [1.82, 2.24) is 4.98 Å². The number of aryl methyl sites for hydroxylation is 1. The smallest absolute Gasteiger partial charge is 0.0726 e. The first kappa shape index (κ1) is 13.0. The van der Waals surface area contributed by atoms with E-state index in [1.165, 1.54) is 35.2 Å². The van der Waals surface area contributed by atoms with Crippen molar-refractivity contribution in [3.8, 4) is 12.3 Å². The van der Waals surface area contributed by atoms with Crippen LogP contribution in [0.2, 0.25) is 0 Å². The summed E-state index contributed by atoms with van der Waals surface area (Å²) in [5, 5.41) is 4.86. The third kappa shape index (κ3) is 2.49.